The van der Waals surface area contributed by atoms with E-state index in [1.54, 1.807) is 0 Å². The van der Waals surface area contributed by atoms with Crippen molar-refractivity contribution in [3.8, 4) is 0 Å². The molecule has 2 rings (SSSR count). The highest BCUT2D eigenvalue weighted by atomic mass is 35.5. The lowest BCUT2D eigenvalue weighted by molar-refractivity contribution is -0.146. The van der Waals surface area contributed by atoms with E-state index in [0.29, 0.717) is 19.5 Å². The van der Waals surface area contributed by atoms with Crippen molar-refractivity contribution in [1.29, 1.82) is 0 Å². The smallest absolute Gasteiger partial charge is 0.323 e. The van der Waals surface area contributed by atoms with Crippen LogP contribution in [-0.2, 0) is 16.1 Å². The average molecular weight is 276 g/mol. The summed E-state index contributed by atoms with van der Waals surface area (Å²) in [7, 11) is 1.37. The lowest BCUT2D eigenvalue weighted by Gasteiger charge is -2.20. The maximum Gasteiger partial charge on any atom is 0.323 e. The van der Waals surface area contributed by atoms with Crippen molar-refractivity contribution in [2.75, 3.05) is 13.7 Å². The third kappa shape index (κ3) is 2.98. The molecule has 0 aromatic carbocycles. The van der Waals surface area contributed by atoms with E-state index in [2.05, 4.69) is 0 Å². The Balaban J connectivity index is 2.05. The molecule has 1 fully saturated rings. The van der Waals surface area contributed by atoms with Crippen molar-refractivity contribution in [3.63, 3.8) is 0 Å². The van der Waals surface area contributed by atoms with Crippen molar-refractivity contribution in [3.05, 3.63) is 21.3 Å². The van der Waals surface area contributed by atoms with Gasteiger partial charge >= 0.3 is 5.97 Å². The monoisotopic (exact) mass is 275 g/mol. The molecule has 17 heavy (non-hydrogen) atoms. The van der Waals surface area contributed by atoms with Crippen molar-refractivity contribution in [2.45, 2.75) is 25.1 Å². The third-order valence-electron chi connectivity index (χ3n) is 2.84. The Morgan fingerprint density at radius 2 is 2.47 bits per heavy atom. The molecule has 0 bridgehead atoms. The van der Waals surface area contributed by atoms with Gasteiger partial charge < -0.3 is 9.84 Å². The van der Waals surface area contributed by atoms with E-state index < -0.39 is 6.10 Å². The molecule has 1 N–H and O–H groups in total. The molecule has 1 saturated heterocycles. The largest absolute Gasteiger partial charge is 0.468 e. The van der Waals surface area contributed by atoms with E-state index in [-0.39, 0.29) is 12.0 Å². The van der Waals surface area contributed by atoms with Crippen LogP contribution in [0.25, 0.3) is 0 Å². The molecule has 1 aromatic heterocycles. The van der Waals surface area contributed by atoms with Crippen LogP contribution in [0.4, 0.5) is 0 Å². The van der Waals surface area contributed by atoms with Gasteiger partial charge in [-0.1, -0.05) is 11.6 Å². The first-order valence-electron chi connectivity index (χ1n) is 5.34. The molecule has 0 saturated carbocycles. The fraction of sp³-hybridized carbons (Fsp3) is 0.545. The fourth-order valence-corrected chi connectivity index (χ4v) is 3.19. The number of likely N-dealkylation sites (tertiary alicyclic amines) is 1. The van der Waals surface area contributed by atoms with Crippen LogP contribution in [0, 0.1) is 0 Å². The summed E-state index contributed by atoms with van der Waals surface area (Å²) in [6, 6.07) is 3.42. The van der Waals surface area contributed by atoms with Gasteiger partial charge in [0, 0.05) is 24.4 Å². The van der Waals surface area contributed by atoms with Crippen LogP contribution in [0.3, 0.4) is 0 Å². The van der Waals surface area contributed by atoms with E-state index >= 15 is 0 Å². The Bertz CT molecular complexity index is 409. The number of hydrogen-bond acceptors (Lipinski definition) is 5. The molecule has 2 atom stereocenters. The van der Waals surface area contributed by atoms with Crippen LogP contribution in [0.15, 0.2) is 12.1 Å². The number of esters is 1. The second-order valence-corrected chi connectivity index (χ2v) is 5.86. The maximum atomic E-state index is 11.6. The number of aliphatic hydroxyl groups excluding tert-OH is 1. The molecule has 0 amide bonds. The summed E-state index contributed by atoms with van der Waals surface area (Å²) >= 11 is 7.35. The van der Waals surface area contributed by atoms with E-state index in [9.17, 15) is 9.90 Å². The number of thiophene rings is 1. The molecule has 94 valence electrons. The van der Waals surface area contributed by atoms with Gasteiger partial charge in [0.2, 0.25) is 0 Å². The van der Waals surface area contributed by atoms with Crippen molar-refractivity contribution in [2.24, 2.45) is 0 Å². The minimum absolute atomic E-state index is 0.288. The predicted octanol–water partition coefficient (Wildman–Crippen LogP) is 1.51. The van der Waals surface area contributed by atoms with Gasteiger partial charge in [0.15, 0.2) is 0 Å². The Morgan fingerprint density at radius 3 is 3.06 bits per heavy atom. The molecule has 6 heteroatoms. The van der Waals surface area contributed by atoms with Gasteiger partial charge in [0.1, 0.15) is 6.04 Å². The van der Waals surface area contributed by atoms with Crippen molar-refractivity contribution < 1.29 is 14.6 Å². The lowest BCUT2D eigenvalue weighted by atomic mass is 10.2. The highest BCUT2D eigenvalue weighted by Crippen LogP contribution is 2.26. The maximum absolute atomic E-state index is 11.6. The fourth-order valence-electron chi connectivity index (χ4n) is 2.07. The second kappa shape index (κ2) is 5.35. The summed E-state index contributed by atoms with van der Waals surface area (Å²) in [5, 5.41) is 9.63. The van der Waals surface area contributed by atoms with Gasteiger partial charge in [-0.05, 0) is 12.1 Å². The Morgan fingerprint density at radius 1 is 1.71 bits per heavy atom. The third-order valence-corrected chi connectivity index (χ3v) is 4.06. The minimum Gasteiger partial charge on any atom is -0.468 e. The number of aliphatic hydroxyl groups is 1. The number of methoxy groups -OCH3 is 1. The van der Waals surface area contributed by atoms with Crippen molar-refractivity contribution >= 4 is 28.9 Å². The van der Waals surface area contributed by atoms with Gasteiger partial charge in [-0.15, -0.1) is 11.3 Å². The normalized spacial score (nSPS) is 25.1. The Kier molecular flexibility index (Phi) is 4.04. The van der Waals surface area contributed by atoms with E-state index in [0.717, 1.165) is 9.21 Å². The molecular weight excluding hydrogens is 262 g/mol. The Hall–Kier alpha value is -0.620. The van der Waals surface area contributed by atoms with Gasteiger partial charge in [-0.25, -0.2) is 0 Å². The van der Waals surface area contributed by atoms with Gasteiger partial charge in [-0.2, -0.15) is 0 Å². The summed E-state index contributed by atoms with van der Waals surface area (Å²) in [6.45, 7) is 1.11. The van der Waals surface area contributed by atoms with Crippen LogP contribution in [-0.4, -0.2) is 41.8 Å². The second-order valence-electron chi connectivity index (χ2n) is 4.06. The number of nitrogens with zero attached hydrogens (tertiary/aromatic N) is 1. The molecule has 1 aliphatic heterocycles. The zero-order valence-electron chi connectivity index (χ0n) is 9.43. The van der Waals surface area contributed by atoms with Crippen LogP contribution in [0.1, 0.15) is 11.3 Å². The molecule has 0 aliphatic carbocycles. The first-order chi connectivity index (χ1) is 8.10. The zero-order chi connectivity index (χ0) is 12.4. The molecule has 1 aromatic rings. The zero-order valence-corrected chi connectivity index (χ0v) is 11.0. The number of rotatable bonds is 3. The van der Waals surface area contributed by atoms with Crippen LogP contribution in [0.5, 0.6) is 0 Å². The summed E-state index contributed by atoms with van der Waals surface area (Å²) in [4.78, 5) is 14.6. The molecule has 2 unspecified atom stereocenters. The summed E-state index contributed by atoms with van der Waals surface area (Å²) in [5.74, 6) is -0.288. The number of halogens is 1. The number of carbonyl (C=O) groups excluding carboxylic acids is 1. The molecule has 2 heterocycles. The highest BCUT2D eigenvalue weighted by Gasteiger charge is 2.36. The number of hydrogen-bond donors (Lipinski definition) is 1. The predicted molar refractivity (Wildman–Crippen MR) is 66.2 cm³/mol. The van der Waals surface area contributed by atoms with Gasteiger partial charge in [0.05, 0.1) is 17.6 Å². The number of ether oxygens (including phenoxy) is 1. The molecule has 0 radical (unpaired) electrons. The van der Waals surface area contributed by atoms with E-state index in [1.807, 2.05) is 17.0 Å². The molecule has 1 aliphatic rings. The van der Waals surface area contributed by atoms with E-state index in [4.69, 9.17) is 16.3 Å². The number of carbonyl (C=O) groups is 1. The minimum atomic E-state index is -0.463. The standard InChI is InChI=1S/C11H14ClNO3S/c1-16-11(15)9-4-7(14)5-13(9)6-8-2-3-10(12)17-8/h2-3,7,9,14H,4-6H2,1H3. The van der Waals surface area contributed by atoms with Crippen LogP contribution < -0.4 is 0 Å². The Labute approximate surface area is 109 Å². The van der Waals surface area contributed by atoms with Crippen LogP contribution >= 0.6 is 22.9 Å². The lowest BCUT2D eigenvalue weighted by Crippen LogP contribution is -2.36. The average Bonchev–Trinajstić information content (AvgIpc) is 2.85. The molecular formula is C11H14ClNO3S. The first-order valence-corrected chi connectivity index (χ1v) is 6.53. The summed E-state index contributed by atoms with van der Waals surface area (Å²) in [5.41, 5.74) is 0. The van der Waals surface area contributed by atoms with Gasteiger partial charge in [-0.3, -0.25) is 9.69 Å². The van der Waals surface area contributed by atoms with Gasteiger partial charge in [0.25, 0.3) is 0 Å². The molecule has 4 nitrogen and oxygen atoms in total. The van der Waals surface area contributed by atoms with Crippen molar-refractivity contribution in [1.82, 2.24) is 4.90 Å². The quantitative estimate of drug-likeness (QED) is 0.850. The topological polar surface area (TPSA) is 49.8 Å². The highest BCUT2D eigenvalue weighted by molar-refractivity contribution is 7.16. The first kappa shape index (κ1) is 12.8. The van der Waals surface area contributed by atoms with E-state index in [1.165, 1.54) is 18.4 Å². The number of β-amino-alcohol motifs (C(OH)–C–C–N with tert-alkyl or cyclic N) is 1. The summed E-state index contributed by atoms with van der Waals surface area (Å²) < 4.78 is 5.47. The molecule has 0 spiro atoms. The summed E-state index contributed by atoms with van der Waals surface area (Å²) in [6.07, 6.45) is -0.0271. The van der Waals surface area contributed by atoms with Crippen LogP contribution in [0.2, 0.25) is 4.34 Å². The SMILES string of the molecule is COC(=O)C1CC(O)CN1Cc1ccc(Cl)s1.